The van der Waals surface area contributed by atoms with Crippen LogP contribution < -0.4 is 16.0 Å². The van der Waals surface area contributed by atoms with Gasteiger partial charge in [0.1, 0.15) is 0 Å². The maximum Gasteiger partial charge on any atom is 0.239 e. The van der Waals surface area contributed by atoms with Gasteiger partial charge in [-0.05, 0) is 13.0 Å². The van der Waals surface area contributed by atoms with Crippen molar-refractivity contribution in [3.05, 3.63) is 0 Å². The molecule has 98 valence electrons. The van der Waals surface area contributed by atoms with Crippen molar-refractivity contribution in [3.63, 3.8) is 0 Å². The van der Waals surface area contributed by atoms with E-state index in [4.69, 9.17) is 0 Å². The zero-order chi connectivity index (χ0) is 12.5. The summed E-state index contributed by atoms with van der Waals surface area (Å²) in [5, 5.41) is 8.55. The Kier molecular flexibility index (Phi) is 6.57. The number of amides is 2. The van der Waals surface area contributed by atoms with Crippen molar-refractivity contribution in [2.24, 2.45) is 0 Å². The molecule has 1 heterocycles. The summed E-state index contributed by atoms with van der Waals surface area (Å²) in [7, 11) is 0. The van der Waals surface area contributed by atoms with Gasteiger partial charge in [-0.15, -0.1) is 0 Å². The minimum absolute atomic E-state index is 0.0724. The van der Waals surface area contributed by atoms with E-state index in [0.717, 1.165) is 39.1 Å². The molecule has 0 aromatic heterocycles. The molecule has 0 spiro atoms. The number of rotatable bonds is 6. The average molecular weight is 242 g/mol. The first-order valence-electron chi connectivity index (χ1n) is 6.12. The van der Waals surface area contributed by atoms with Crippen LogP contribution in [0.15, 0.2) is 0 Å². The van der Waals surface area contributed by atoms with Crippen molar-refractivity contribution >= 4 is 11.8 Å². The van der Waals surface area contributed by atoms with Crippen LogP contribution in [-0.4, -0.2) is 62.5 Å². The van der Waals surface area contributed by atoms with Gasteiger partial charge in [0.05, 0.1) is 6.54 Å². The molecule has 0 radical (unpaired) electrons. The minimum Gasteiger partial charge on any atom is -0.355 e. The number of carbonyl (C=O) groups is 2. The molecule has 1 aliphatic heterocycles. The maximum absolute atomic E-state index is 11.2. The van der Waals surface area contributed by atoms with Gasteiger partial charge in [-0.3, -0.25) is 9.59 Å². The summed E-state index contributed by atoms with van der Waals surface area (Å²) < 4.78 is 0. The summed E-state index contributed by atoms with van der Waals surface area (Å²) in [6.07, 6.45) is 0.950. The van der Waals surface area contributed by atoms with Crippen LogP contribution >= 0.6 is 0 Å². The Morgan fingerprint density at radius 3 is 2.59 bits per heavy atom. The summed E-state index contributed by atoms with van der Waals surface area (Å²) in [5.74, 6) is -0.304. The van der Waals surface area contributed by atoms with E-state index in [9.17, 15) is 9.59 Å². The Morgan fingerprint density at radius 2 is 1.94 bits per heavy atom. The van der Waals surface area contributed by atoms with Gasteiger partial charge in [0, 0.05) is 39.6 Å². The third-order valence-electron chi connectivity index (χ3n) is 2.68. The van der Waals surface area contributed by atoms with E-state index >= 15 is 0 Å². The molecule has 3 N–H and O–H groups in total. The van der Waals surface area contributed by atoms with Crippen molar-refractivity contribution < 1.29 is 9.59 Å². The second-order valence-corrected chi connectivity index (χ2v) is 4.20. The van der Waals surface area contributed by atoms with Crippen molar-refractivity contribution in [1.29, 1.82) is 0 Å². The number of nitrogens with zero attached hydrogens (tertiary/aromatic N) is 1. The van der Waals surface area contributed by atoms with Gasteiger partial charge in [0.2, 0.25) is 11.8 Å². The number of nitrogens with one attached hydrogen (secondary N) is 3. The molecule has 0 unspecified atom stereocenters. The fourth-order valence-electron chi connectivity index (χ4n) is 1.73. The highest BCUT2D eigenvalue weighted by molar-refractivity contribution is 5.83. The lowest BCUT2D eigenvalue weighted by Gasteiger charge is -2.27. The van der Waals surface area contributed by atoms with Crippen LogP contribution in [0.25, 0.3) is 0 Å². The van der Waals surface area contributed by atoms with E-state index < -0.39 is 0 Å². The summed E-state index contributed by atoms with van der Waals surface area (Å²) in [6.45, 7) is 7.43. The third kappa shape index (κ3) is 6.91. The van der Waals surface area contributed by atoms with Gasteiger partial charge in [-0.1, -0.05) is 0 Å². The van der Waals surface area contributed by atoms with Crippen molar-refractivity contribution in [3.8, 4) is 0 Å². The summed E-state index contributed by atoms with van der Waals surface area (Å²) in [4.78, 5) is 24.2. The van der Waals surface area contributed by atoms with Gasteiger partial charge in [-0.25, -0.2) is 0 Å². The third-order valence-corrected chi connectivity index (χ3v) is 2.68. The lowest BCUT2D eigenvalue weighted by atomic mass is 10.3. The molecule has 0 aromatic carbocycles. The minimum atomic E-state index is -0.180. The predicted octanol–water partition coefficient (Wildman–Crippen LogP) is -1.47. The topological polar surface area (TPSA) is 73.5 Å². The van der Waals surface area contributed by atoms with Crippen molar-refractivity contribution in [2.45, 2.75) is 13.3 Å². The Morgan fingerprint density at radius 1 is 1.24 bits per heavy atom. The first-order chi connectivity index (χ1) is 8.18. The molecule has 17 heavy (non-hydrogen) atoms. The zero-order valence-electron chi connectivity index (χ0n) is 10.4. The van der Waals surface area contributed by atoms with Crippen LogP contribution in [0.1, 0.15) is 13.3 Å². The van der Waals surface area contributed by atoms with Gasteiger partial charge in [0.15, 0.2) is 0 Å². The van der Waals surface area contributed by atoms with E-state index in [1.165, 1.54) is 6.92 Å². The molecular weight excluding hydrogens is 220 g/mol. The maximum atomic E-state index is 11.2. The van der Waals surface area contributed by atoms with E-state index in [0.29, 0.717) is 6.54 Å². The Labute approximate surface area is 102 Å². The predicted molar refractivity (Wildman–Crippen MR) is 65.6 cm³/mol. The molecule has 6 heteroatoms. The summed E-state index contributed by atoms with van der Waals surface area (Å²) in [6, 6.07) is 0. The van der Waals surface area contributed by atoms with Crippen LogP contribution in [0.4, 0.5) is 0 Å². The Balaban J connectivity index is 1.95. The van der Waals surface area contributed by atoms with Gasteiger partial charge in [0.25, 0.3) is 0 Å². The summed E-state index contributed by atoms with van der Waals surface area (Å²) >= 11 is 0. The van der Waals surface area contributed by atoms with Crippen LogP contribution in [-0.2, 0) is 9.59 Å². The Hall–Kier alpha value is -1.14. The molecule has 0 bridgehead atoms. The molecule has 0 aliphatic carbocycles. The molecule has 0 atom stereocenters. The SMILES string of the molecule is CC(=O)NCC(=O)NCCCN1CCNCC1. The van der Waals surface area contributed by atoms with Crippen LogP contribution in [0, 0.1) is 0 Å². The smallest absolute Gasteiger partial charge is 0.239 e. The first kappa shape index (κ1) is 13.9. The highest BCUT2D eigenvalue weighted by Crippen LogP contribution is 1.93. The van der Waals surface area contributed by atoms with Crippen molar-refractivity contribution in [2.75, 3.05) is 45.8 Å². The number of hydrogen-bond acceptors (Lipinski definition) is 4. The number of hydrogen-bond donors (Lipinski definition) is 3. The molecule has 1 rings (SSSR count). The zero-order valence-corrected chi connectivity index (χ0v) is 10.4. The molecule has 2 amide bonds. The summed E-state index contributed by atoms with van der Waals surface area (Å²) in [5.41, 5.74) is 0. The average Bonchev–Trinajstić information content (AvgIpc) is 2.33. The second kappa shape index (κ2) is 8.03. The van der Waals surface area contributed by atoms with Gasteiger partial charge >= 0.3 is 0 Å². The Bertz CT molecular complexity index is 252. The van der Waals surface area contributed by atoms with E-state index in [2.05, 4.69) is 20.9 Å². The quantitative estimate of drug-likeness (QED) is 0.497. The molecule has 0 saturated carbocycles. The fourth-order valence-corrected chi connectivity index (χ4v) is 1.73. The van der Waals surface area contributed by atoms with Crippen LogP contribution in [0.3, 0.4) is 0 Å². The highest BCUT2D eigenvalue weighted by atomic mass is 16.2. The lowest BCUT2D eigenvalue weighted by molar-refractivity contribution is -0.125. The standard InChI is InChI=1S/C11H22N4O2/c1-10(16)14-9-11(17)13-3-2-6-15-7-4-12-5-8-15/h12H,2-9H2,1H3,(H,13,17)(H,14,16). The molecule has 1 aliphatic rings. The van der Waals surface area contributed by atoms with Crippen LogP contribution in [0.5, 0.6) is 0 Å². The molecular formula is C11H22N4O2. The molecule has 0 aromatic rings. The second-order valence-electron chi connectivity index (χ2n) is 4.20. The molecule has 1 saturated heterocycles. The number of piperazine rings is 1. The van der Waals surface area contributed by atoms with E-state index in [1.54, 1.807) is 0 Å². The van der Waals surface area contributed by atoms with E-state index in [1.807, 2.05) is 0 Å². The molecule has 1 fully saturated rings. The highest BCUT2D eigenvalue weighted by Gasteiger charge is 2.08. The van der Waals surface area contributed by atoms with E-state index in [-0.39, 0.29) is 18.4 Å². The van der Waals surface area contributed by atoms with Gasteiger partial charge in [-0.2, -0.15) is 0 Å². The van der Waals surface area contributed by atoms with Gasteiger partial charge < -0.3 is 20.9 Å². The normalized spacial score (nSPS) is 16.5. The lowest BCUT2D eigenvalue weighted by Crippen LogP contribution is -2.44. The monoisotopic (exact) mass is 242 g/mol. The first-order valence-corrected chi connectivity index (χ1v) is 6.12. The van der Waals surface area contributed by atoms with Crippen LogP contribution in [0.2, 0.25) is 0 Å². The number of carbonyl (C=O) groups excluding carboxylic acids is 2. The van der Waals surface area contributed by atoms with Crippen molar-refractivity contribution in [1.82, 2.24) is 20.9 Å². The molecule has 6 nitrogen and oxygen atoms in total. The largest absolute Gasteiger partial charge is 0.355 e. The fraction of sp³-hybridized carbons (Fsp3) is 0.818.